The van der Waals surface area contributed by atoms with Gasteiger partial charge in [0, 0.05) is 0 Å². The zero-order valence-electron chi connectivity index (χ0n) is 17.5. The van der Waals surface area contributed by atoms with Gasteiger partial charge in [0.1, 0.15) is 0 Å². The maximum Gasteiger partial charge on any atom is 0.397 e. The highest BCUT2D eigenvalue weighted by Gasteiger charge is 2.02. The Bertz CT molecular complexity index is 557. The Balaban J connectivity index is 1.71. The fourth-order valence-corrected chi connectivity index (χ4v) is 3.87. The molecular weight excluding hydrogens is 372 g/mol. The molecule has 0 aromatic heterocycles. The molecule has 0 bridgehead atoms. The molecular formula is C23H40O4S. The third kappa shape index (κ3) is 17.2. The highest BCUT2D eigenvalue weighted by molar-refractivity contribution is 7.80. The minimum Gasteiger partial charge on any atom is -0.264 e. The summed E-state index contributed by atoms with van der Waals surface area (Å²) in [7, 11) is -4.26. The van der Waals surface area contributed by atoms with Gasteiger partial charge in [0.2, 0.25) is 0 Å². The molecule has 0 saturated carbocycles. The number of benzene rings is 1. The maximum absolute atomic E-state index is 10.4. The van der Waals surface area contributed by atoms with Crippen molar-refractivity contribution in [2.75, 3.05) is 6.61 Å². The lowest BCUT2D eigenvalue weighted by atomic mass is 10.0. The molecule has 1 N–H and O–H groups in total. The molecule has 1 aromatic rings. The first-order valence-corrected chi connectivity index (χ1v) is 12.6. The van der Waals surface area contributed by atoms with Crippen molar-refractivity contribution in [2.45, 2.75) is 103 Å². The predicted molar refractivity (Wildman–Crippen MR) is 117 cm³/mol. The first-order valence-electron chi connectivity index (χ1n) is 11.2. The van der Waals surface area contributed by atoms with Crippen molar-refractivity contribution >= 4 is 10.4 Å². The van der Waals surface area contributed by atoms with Crippen LogP contribution in [0, 0.1) is 0 Å². The molecule has 0 saturated heterocycles. The number of rotatable bonds is 19. The number of unbranched alkanes of at least 4 members (excludes halogenated alkanes) is 14. The van der Waals surface area contributed by atoms with E-state index in [0.29, 0.717) is 6.42 Å². The van der Waals surface area contributed by atoms with Gasteiger partial charge < -0.3 is 0 Å². The van der Waals surface area contributed by atoms with Crippen LogP contribution in [0.5, 0.6) is 0 Å². The molecule has 0 heterocycles. The van der Waals surface area contributed by atoms with E-state index in [0.717, 1.165) is 12.8 Å². The fourth-order valence-electron chi connectivity index (χ4n) is 3.54. The standard InChI is InChI=1S/C23H40O4S/c24-28(25,26)27-22-18-13-11-9-7-5-3-1-2-4-6-8-10-12-15-19-23-20-16-14-17-21-23/h14,16-17,20-21H,1-13,15,18-19,22H2,(H,24,25,26). The second kappa shape index (κ2) is 17.0. The summed E-state index contributed by atoms with van der Waals surface area (Å²) < 4.78 is 33.5. The van der Waals surface area contributed by atoms with Gasteiger partial charge in [0.25, 0.3) is 0 Å². The molecule has 0 aliphatic rings. The van der Waals surface area contributed by atoms with Crippen LogP contribution in [0.25, 0.3) is 0 Å². The Morgan fingerprint density at radius 3 is 1.43 bits per heavy atom. The van der Waals surface area contributed by atoms with E-state index < -0.39 is 10.4 Å². The minimum absolute atomic E-state index is 0.0891. The molecule has 0 aliphatic heterocycles. The molecule has 0 amide bonds. The minimum atomic E-state index is -4.26. The fraction of sp³-hybridized carbons (Fsp3) is 0.739. The van der Waals surface area contributed by atoms with Gasteiger partial charge in [-0.1, -0.05) is 114 Å². The number of hydrogen-bond donors (Lipinski definition) is 1. The molecule has 0 aliphatic carbocycles. The van der Waals surface area contributed by atoms with E-state index in [4.69, 9.17) is 4.55 Å². The van der Waals surface area contributed by atoms with Gasteiger partial charge in [-0.3, -0.25) is 4.55 Å². The predicted octanol–water partition coefficient (Wildman–Crippen LogP) is 6.90. The topological polar surface area (TPSA) is 63.6 Å². The van der Waals surface area contributed by atoms with Crippen molar-refractivity contribution in [1.82, 2.24) is 0 Å². The third-order valence-electron chi connectivity index (χ3n) is 5.18. The third-order valence-corrected chi connectivity index (χ3v) is 5.65. The molecule has 0 atom stereocenters. The molecule has 5 heteroatoms. The van der Waals surface area contributed by atoms with E-state index in [1.54, 1.807) is 0 Å². The maximum atomic E-state index is 10.4. The number of hydrogen-bond acceptors (Lipinski definition) is 3. The van der Waals surface area contributed by atoms with Crippen LogP contribution in [0.2, 0.25) is 0 Å². The van der Waals surface area contributed by atoms with Gasteiger partial charge in [-0.2, -0.15) is 8.42 Å². The molecule has 162 valence electrons. The lowest BCUT2D eigenvalue weighted by molar-refractivity contribution is 0.261. The van der Waals surface area contributed by atoms with Crippen LogP contribution in [0.15, 0.2) is 30.3 Å². The summed E-state index contributed by atoms with van der Waals surface area (Å²) in [4.78, 5) is 0. The van der Waals surface area contributed by atoms with Crippen LogP contribution in [0.4, 0.5) is 0 Å². The van der Waals surface area contributed by atoms with Crippen molar-refractivity contribution in [2.24, 2.45) is 0 Å². The molecule has 1 aromatic carbocycles. The molecule has 0 fully saturated rings. The first kappa shape index (κ1) is 25.1. The monoisotopic (exact) mass is 412 g/mol. The number of aryl methyl sites for hydroxylation is 1. The van der Waals surface area contributed by atoms with E-state index >= 15 is 0 Å². The molecule has 4 nitrogen and oxygen atoms in total. The Morgan fingerprint density at radius 1 is 0.607 bits per heavy atom. The van der Waals surface area contributed by atoms with Crippen molar-refractivity contribution in [1.29, 1.82) is 0 Å². The summed E-state index contributed by atoms with van der Waals surface area (Å²) >= 11 is 0. The van der Waals surface area contributed by atoms with Gasteiger partial charge in [-0.25, -0.2) is 4.18 Å². The highest BCUT2D eigenvalue weighted by atomic mass is 32.3. The van der Waals surface area contributed by atoms with Gasteiger partial charge in [-0.15, -0.1) is 0 Å². The van der Waals surface area contributed by atoms with Crippen molar-refractivity contribution < 1.29 is 17.2 Å². The van der Waals surface area contributed by atoms with Gasteiger partial charge in [-0.05, 0) is 24.8 Å². The second-order valence-electron chi connectivity index (χ2n) is 7.79. The normalized spacial score (nSPS) is 11.8. The summed E-state index contributed by atoms with van der Waals surface area (Å²) in [5.74, 6) is 0. The van der Waals surface area contributed by atoms with Gasteiger partial charge >= 0.3 is 10.4 Å². The van der Waals surface area contributed by atoms with Crippen LogP contribution >= 0.6 is 0 Å². The van der Waals surface area contributed by atoms with E-state index in [9.17, 15) is 8.42 Å². The average Bonchev–Trinajstić information content (AvgIpc) is 2.67. The first-order chi connectivity index (χ1) is 13.6. The summed E-state index contributed by atoms with van der Waals surface area (Å²) in [6.45, 7) is 0.0891. The second-order valence-corrected chi connectivity index (χ2v) is 8.88. The van der Waals surface area contributed by atoms with Crippen molar-refractivity contribution in [3.63, 3.8) is 0 Å². The Morgan fingerprint density at radius 2 is 1.00 bits per heavy atom. The Hall–Kier alpha value is -0.910. The molecule has 0 unspecified atom stereocenters. The lowest BCUT2D eigenvalue weighted by Crippen LogP contribution is -2.04. The van der Waals surface area contributed by atoms with Crippen molar-refractivity contribution in [3.05, 3.63) is 35.9 Å². The van der Waals surface area contributed by atoms with Crippen LogP contribution in [-0.4, -0.2) is 19.6 Å². The van der Waals surface area contributed by atoms with E-state index in [1.165, 1.54) is 89.0 Å². The Labute approximate surface area is 173 Å². The van der Waals surface area contributed by atoms with E-state index in [-0.39, 0.29) is 6.61 Å². The molecule has 28 heavy (non-hydrogen) atoms. The molecule has 0 radical (unpaired) electrons. The van der Waals surface area contributed by atoms with E-state index in [1.807, 2.05) is 0 Å². The van der Waals surface area contributed by atoms with Gasteiger partial charge in [0.05, 0.1) is 6.61 Å². The van der Waals surface area contributed by atoms with Gasteiger partial charge in [0.15, 0.2) is 0 Å². The smallest absolute Gasteiger partial charge is 0.264 e. The van der Waals surface area contributed by atoms with Crippen LogP contribution < -0.4 is 0 Å². The Kier molecular flexibility index (Phi) is 15.2. The SMILES string of the molecule is O=S(=O)(O)OCCCCCCCCCCCCCCCCCc1ccccc1. The average molecular weight is 413 g/mol. The lowest BCUT2D eigenvalue weighted by Gasteiger charge is -2.04. The zero-order chi connectivity index (χ0) is 20.3. The van der Waals surface area contributed by atoms with Crippen LogP contribution in [0.3, 0.4) is 0 Å². The molecule has 0 spiro atoms. The summed E-state index contributed by atoms with van der Waals surface area (Å²) in [5.41, 5.74) is 1.47. The van der Waals surface area contributed by atoms with Crippen LogP contribution in [0.1, 0.15) is 102 Å². The van der Waals surface area contributed by atoms with Crippen LogP contribution in [-0.2, 0) is 21.0 Å². The summed E-state index contributed by atoms with van der Waals surface area (Å²) in [5, 5.41) is 0. The quantitative estimate of drug-likeness (QED) is 0.198. The summed E-state index contributed by atoms with van der Waals surface area (Å²) in [6, 6.07) is 10.8. The zero-order valence-corrected chi connectivity index (χ0v) is 18.3. The summed E-state index contributed by atoms with van der Waals surface area (Å²) in [6.07, 6.45) is 20.0. The molecule has 1 rings (SSSR count). The highest BCUT2D eigenvalue weighted by Crippen LogP contribution is 2.14. The van der Waals surface area contributed by atoms with Crippen molar-refractivity contribution in [3.8, 4) is 0 Å². The largest absolute Gasteiger partial charge is 0.397 e. The van der Waals surface area contributed by atoms with E-state index in [2.05, 4.69) is 34.5 Å².